The molecule has 0 saturated carbocycles. The summed E-state index contributed by atoms with van der Waals surface area (Å²) in [6, 6.07) is 3.92. The van der Waals surface area contributed by atoms with E-state index in [2.05, 4.69) is 4.98 Å². The molecule has 0 aliphatic carbocycles. The van der Waals surface area contributed by atoms with Gasteiger partial charge in [0.1, 0.15) is 0 Å². The van der Waals surface area contributed by atoms with Gasteiger partial charge in [0.05, 0.1) is 10.7 Å². The van der Waals surface area contributed by atoms with E-state index in [9.17, 15) is 0 Å². The van der Waals surface area contributed by atoms with E-state index in [1.807, 2.05) is 19.1 Å². The van der Waals surface area contributed by atoms with Crippen molar-refractivity contribution in [2.24, 2.45) is 5.73 Å². The van der Waals surface area contributed by atoms with Crippen LogP contribution in [0.2, 0.25) is 5.02 Å². The molecule has 0 aliphatic heterocycles. The second kappa shape index (κ2) is 5.47. The first-order valence-corrected chi connectivity index (χ1v) is 5.66. The van der Waals surface area contributed by atoms with Crippen LogP contribution < -0.4 is 5.73 Å². The standard InChI is InChI=1S/C9H13ClN2S/c1-7(11)5-13-6-9-8(10)3-2-4-12-9/h2-4,7H,5-6,11H2,1H3. The number of aromatic nitrogens is 1. The molecule has 1 aromatic heterocycles. The number of nitrogens with zero attached hydrogens (tertiary/aromatic N) is 1. The Balaban J connectivity index is 2.41. The highest BCUT2D eigenvalue weighted by atomic mass is 35.5. The van der Waals surface area contributed by atoms with Crippen molar-refractivity contribution in [1.29, 1.82) is 0 Å². The van der Waals surface area contributed by atoms with Crippen LogP contribution in [0.15, 0.2) is 18.3 Å². The summed E-state index contributed by atoms with van der Waals surface area (Å²) < 4.78 is 0. The summed E-state index contributed by atoms with van der Waals surface area (Å²) in [5.41, 5.74) is 6.56. The molecule has 2 N–H and O–H groups in total. The van der Waals surface area contributed by atoms with Gasteiger partial charge >= 0.3 is 0 Å². The van der Waals surface area contributed by atoms with Gasteiger partial charge in [-0.1, -0.05) is 11.6 Å². The molecular weight excluding hydrogens is 204 g/mol. The van der Waals surface area contributed by atoms with Crippen LogP contribution in [0.5, 0.6) is 0 Å². The Labute approximate surface area is 87.9 Å². The number of nitrogens with two attached hydrogens (primary N) is 1. The SMILES string of the molecule is CC(N)CSCc1ncccc1Cl. The van der Waals surface area contributed by atoms with Crippen molar-refractivity contribution < 1.29 is 0 Å². The zero-order valence-corrected chi connectivity index (χ0v) is 9.11. The second-order valence-corrected chi connectivity index (χ2v) is 4.36. The molecule has 2 nitrogen and oxygen atoms in total. The van der Waals surface area contributed by atoms with Crippen molar-refractivity contribution in [3.63, 3.8) is 0 Å². The molecule has 13 heavy (non-hydrogen) atoms. The van der Waals surface area contributed by atoms with Crippen molar-refractivity contribution in [1.82, 2.24) is 4.98 Å². The Morgan fingerprint density at radius 3 is 3.08 bits per heavy atom. The Hall–Kier alpha value is -0.250. The molecule has 1 atom stereocenters. The summed E-state index contributed by atoms with van der Waals surface area (Å²) in [5, 5.41) is 0.736. The van der Waals surface area contributed by atoms with Gasteiger partial charge in [-0.15, -0.1) is 0 Å². The summed E-state index contributed by atoms with van der Waals surface area (Å²) in [5.74, 6) is 1.77. The first-order valence-electron chi connectivity index (χ1n) is 4.13. The van der Waals surface area contributed by atoms with Crippen LogP contribution in [0.3, 0.4) is 0 Å². The molecule has 0 aromatic carbocycles. The average molecular weight is 217 g/mol. The summed E-state index contributed by atoms with van der Waals surface area (Å²) in [6.07, 6.45) is 1.76. The number of rotatable bonds is 4. The van der Waals surface area contributed by atoms with E-state index in [0.717, 1.165) is 22.2 Å². The van der Waals surface area contributed by atoms with Crippen LogP contribution in [0.4, 0.5) is 0 Å². The van der Waals surface area contributed by atoms with E-state index in [4.69, 9.17) is 17.3 Å². The molecule has 1 aromatic rings. The molecule has 72 valence electrons. The minimum absolute atomic E-state index is 0.229. The summed E-state index contributed by atoms with van der Waals surface area (Å²) in [7, 11) is 0. The van der Waals surface area contributed by atoms with Gasteiger partial charge in [-0.2, -0.15) is 11.8 Å². The van der Waals surface area contributed by atoms with Gasteiger partial charge in [0.2, 0.25) is 0 Å². The molecule has 0 radical (unpaired) electrons. The number of hydrogen-bond donors (Lipinski definition) is 1. The molecular formula is C9H13ClN2S. The molecule has 1 heterocycles. The highest BCUT2D eigenvalue weighted by Gasteiger charge is 2.01. The molecule has 0 spiro atoms. The smallest absolute Gasteiger partial charge is 0.0688 e. The third-order valence-electron chi connectivity index (χ3n) is 1.45. The van der Waals surface area contributed by atoms with Crippen LogP contribution >= 0.6 is 23.4 Å². The maximum absolute atomic E-state index is 5.93. The predicted molar refractivity (Wildman–Crippen MR) is 59.1 cm³/mol. The zero-order chi connectivity index (χ0) is 9.68. The van der Waals surface area contributed by atoms with E-state index in [1.54, 1.807) is 18.0 Å². The average Bonchev–Trinajstić information content (AvgIpc) is 2.08. The monoisotopic (exact) mass is 216 g/mol. The minimum atomic E-state index is 0.229. The number of halogens is 1. The lowest BCUT2D eigenvalue weighted by Gasteiger charge is -2.04. The first kappa shape index (κ1) is 10.8. The summed E-state index contributed by atoms with van der Waals surface area (Å²) in [6.45, 7) is 1.99. The Bertz CT molecular complexity index is 266. The largest absolute Gasteiger partial charge is 0.327 e. The van der Waals surface area contributed by atoms with Crippen LogP contribution in [0.25, 0.3) is 0 Å². The van der Waals surface area contributed by atoms with Crippen molar-refractivity contribution in [2.75, 3.05) is 5.75 Å². The fraction of sp³-hybridized carbons (Fsp3) is 0.444. The van der Waals surface area contributed by atoms with Gasteiger partial charge in [-0.05, 0) is 19.1 Å². The van der Waals surface area contributed by atoms with E-state index >= 15 is 0 Å². The lowest BCUT2D eigenvalue weighted by atomic mass is 10.4. The van der Waals surface area contributed by atoms with Gasteiger partial charge in [0.25, 0.3) is 0 Å². The van der Waals surface area contributed by atoms with Crippen molar-refractivity contribution in [3.8, 4) is 0 Å². The van der Waals surface area contributed by atoms with Crippen LogP contribution in [-0.4, -0.2) is 16.8 Å². The lowest BCUT2D eigenvalue weighted by molar-refractivity contribution is 0.847. The third kappa shape index (κ3) is 3.98. The van der Waals surface area contributed by atoms with Gasteiger partial charge in [0.15, 0.2) is 0 Å². The molecule has 4 heteroatoms. The van der Waals surface area contributed by atoms with Crippen molar-refractivity contribution in [3.05, 3.63) is 29.0 Å². The van der Waals surface area contributed by atoms with E-state index in [1.165, 1.54) is 0 Å². The topological polar surface area (TPSA) is 38.9 Å². The summed E-state index contributed by atoms with van der Waals surface area (Å²) in [4.78, 5) is 4.18. The maximum Gasteiger partial charge on any atom is 0.0688 e. The molecule has 0 aliphatic rings. The zero-order valence-electron chi connectivity index (χ0n) is 7.53. The fourth-order valence-electron chi connectivity index (χ4n) is 0.866. The van der Waals surface area contributed by atoms with Gasteiger partial charge < -0.3 is 5.73 Å². The van der Waals surface area contributed by atoms with Gasteiger partial charge in [-0.3, -0.25) is 4.98 Å². The lowest BCUT2D eigenvalue weighted by Crippen LogP contribution is -2.17. The number of pyridine rings is 1. The van der Waals surface area contributed by atoms with Gasteiger partial charge in [-0.25, -0.2) is 0 Å². The Morgan fingerprint density at radius 2 is 2.46 bits per heavy atom. The highest BCUT2D eigenvalue weighted by molar-refractivity contribution is 7.98. The normalized spacial score (nSPS) is 12.8. The van der Waals surface area contributed by atoms with Crippen LogP contribution in [0, 0.1) is 0 Å². The quantitative estimate of drug-likeness (QED) is 0.840. The van der Waals surface area contributed by atoms with Crippen LogP contribution in [-0.2, 0) is 5.75 Å². The van der Waals surface area contributed by atoms with Crippen molar-refractivity contribution >= 4 is 23.4 Å². The first-order chi connectivity index (χ1) is 6.20. The van der Waals surface area contributed by atoms with Crippen LogP contribution in [0.1, 0.15) is 12.6 Å². The molecule has 0 amide bonds. The van der Waals surface area contributed by atoms with Gasteiger partial charge in [0, 0.05) is 23.7 Å². The molecule has 0 bridgehead atoms. The van der Waals surface area contributed by atoms with E-state index in [-0.39, 0.29) is 6.04 Å². The van der Waals surface area contributed by atoms with Crippen molar-refractivity contribution in [2.45, 2.75) is 18.7 Å². The fourth-order valence-corrected chi connectivity index (χ4v) is 2.05. The van der Waals surface area contributed by atoms with E-state index in [0.29, 0.717) is 0 Å². The highest BCUT2D eigenvalue weighted by Crippen LogP contribution is 2.18. The third-order valence-corrected chi connectivity index (χ3v) is 3.04. The molecule has 0 fully saturated rings. The number of thioether (sulfide) groups is 1. The Morgan fingerprint density at radius 1 is 1.69 bits per heavy atom. The molecule has 0 saturated heterocycles. The summed E-state index contributed by atoms with van der Waals surface area (Å²) >= 11 is 7.69. The molecule has 1 unspecified atom stereocenters. The number of hydrogen-bond acceptors (Lipinski definition) is 3. The Kier molecular flexibility index (Phi) is 4.56. The predicted octanol–water partition coefficient (Wildman–Crippen LogP) is 2.32. The molecule has 1 rings (SSSR count). The second-order valence-electron chi connectivity index (χ2n) is 2.92. The van der Waals surface area contributed by atoms with E-state index < -0.39 is 0 Å². The minimum Gasteiger partial charge on any atom is -0.327 e. The maximum atomic E-state index is 5.93.